The van der Waals surface area contributed by atoms with Gasteiger partial charge in [0.05, 0.1) is 24.4 Å². The summed E-state index contributed by atoms with van der Waals surface area (Å²) < 4.78 is 5.40. The summed E-state index contributed by atoms with van der Waals surface area (Å²) in [6.07, 6.45) is 1.25. The van der Waals surface area contributed by atoms with E-state index in [2.05, 4.69) is 36.3 Å². The van der Waals surface area contributed by atoms with Crippen LogP contribution in [0.2, 0.25) is 0 Å². The van der Waals surface area contributed by atoms with Gasteiger partial charge < -0.3 is 15.2 Å². The lowest BCUT2D eigenvalue weighted by Gasteiger charge is -2.16. The summed E-state index contributed by atoms with van der Waals surface area (Å²) in [6, 6.07) is 11.2. The van der Waals surface area contributed by atoms with Gasteiger partial charge in [0.1, 0.15) is 5.75 Å². The van der Waals surface area contributed by atoms with Crippen LogP contribution in [-0.4, -0.2) is 28.1 Å². The zero-order valence-corrected chi connectivity index (χ0v) is 16.8. The zero-order valence-electron chi connectivity index (χ0n) is 16.8. The first kappa shape index (κ1) is 21.4. The van der Waals surface area contributed by atoms with E-state index in [1.165, 1.54) is 11.8 Å². The van der Waals surface area contributed by atoms with Gasteiger partial charge in [-0.15, -0.1) is 0 Å². The Morgan fingerprint density at radius 1 is 1.11 bits per heavy atom. The van der Waals surface area contributed by atoms with E-state index >= 15 is 0 Å². The Morgan fingerprint density at radius 2 is 1.79 bits per heavy atom. The molecule has 0 saturated carbocycles. The Balaban J connectivity index is 1.91. The van der Waals surface area contributed by atoms with Crippen LogP contribution >= 0.6 is 0 Å². The number of carbonyl (C=O) groups excluding carboxylic acids is 1. The van der Waals surface area contributed by atoms with E-state index in [1.807, 2.05) is 19.1 Å². The van der Waals surface area contributed by atoms with Crippen molar-refractivity contribution in [2.24, 2.45) is 0 Å². The van der Waals surface area contributed by atoms with Crippen LogP contribution in [0.25, 0.3) is 0 Å². The number of nitrogens with zero attached hydrogens (tertiary/aromatic N) is 1. The zero-order chi connectivity index (χ0) is 20.7. The molecule has 1 unspecified atom stereocenters. The van der Waals surface area contributed by atoms with Crippen molar-refractivity contribution < 1.29 is 19.4 Å². The number of nitrogens with one attached hydrogen (secondary N) is 1. The van der Waals surface area contributed by atoms with Gasteiger partial charge in [0, 0.05) is 0 Å². The highest BCUT2D eigenvalue weighted by molar-refractivity contribution is 5.79. The van der Waals surface area contributed by atoms with Gasteiger partial charge in [-0.25, -0.2) is 4.79 Å². The first-order valence-corrected chi connectivity index (χ1v) is 9.53. The number of aromatic nitrogens is 1. The van der Waals surface area contributed by atoms with Crippen LogP contribution in [0, 0.1) is 0 Å². The van der Waals surface area contributed by atoms with Gasteiger partial charge in [-0.05, 0) is 42.5 Å². The topological polar surface area (TPSA) is 88.5 Å². The lowest BCUT2D eigenvalue weighted by atomic mass is 10.0. The number of carbonyl (C=O) groups is 2. The van der Waals surface area contributed by atoms with Gasteiger partial charge in [-0.1, -0.05) is 45.0 Å². The van der Waals surface area contributed by atoms with Crippen molar-refractivity contribution in [2.75, 3.05) is 0 Å². The van der Waals surface area contributed by atoms with Crippen LogP contribution in [-0.2, 0) is 16.0 Å². The summed E-state index contributed by atoms with van der Waals surface area (Å²) in [5.41, 5.74) is 2.89. The van der Waals surface area contributed by atoms with Crippen LogP contribution in [0.5, 0.6) is 5.75 Å². The molecule has 1 aromatic heterocycles. The minimum absolute atomic E-state index is 0.0798. The molecule has 0 aliphatic heterocycles. The van der Waals surface area contributed by atoms with Crippen LogP contribution in [0.3, 0.4) is 0 Å². The number of aliphatic carboxylic acids is 1. The molecule has 0 aliphatic carbocycles. The van der Waals surface area contributed by atoms with E-state index in [-0.39, 0.29) is 11.9 Å². The van der Waals surface area contributed by atoms with Crippen molar-refractivity contribution in [3.8, 4) is 5.75 Å². The van der Waals surface area contributed by atoms with Crippen molar-refractivity contribution >= 4 is 11.9 Å². The van der Waals surface area contributed by atoms with Gasteiger partial charge in [-0.2, -0.15) is 0 Å². The van der Waals surface area contributed by atoms with Gasteiger partial charge in [0.2, 0.25) is 5.91 Å². The summed E-state index contributed by atoms with van der Waals surface area (Å²) in [7, 11) is 0. The maximum atomic E-state index is 12.3. The lowest BCUT2D eigenvalue weighted by Crippen LogP contribution is -2.28. The van der Waals surface area contributed by atoms with Gasteiger partial charge >= 0.3 is 5.97 Å². The minimum Gasteiger partial charge on any atom is -0.479 e. The average molecular weight is 384 g/mol. The van der Waals surface area contributed by atoms with Gasteiger partial charge in [-0.3, -0.25) is 9.78 Å². The normalized spacial score (nSPS) is 13.0. The first-order chi connectivity index (χ1) is 13.3. The molecular formula is C22H28N2O4. The summed E-state index contributed by atoms with van der Waals surface area (Å²) >= 11 is 0. The molecule has 1 aromatic carbocycles. The molecule has 0 saturated heterocycles. The van der Waals surface area contributed by atoms with Gasteiger partial charge in [0.15, 0.2) is 6.10 Å². The first-order valence-electron chi connectivity index (χ1n) is 9.53. The predicted octanol–water partition coefficient (Wildman–Crippen LogP) is 3.87. The van der Waals surface area contributed by atoms with Crippen molar-refractivity contribution in [3.05, 3.63) is 59.4 Å². The molecule has 2 rings (SSSR count). The third kappa shape index (κ3) is 6.08. The monoisotopic (exact) mass is 384 g/mol. The SMILES string of the molecule is CCC(Oc1ccc([C@@H](C)NC(=O)Cc2ccc(C(C)C)cc2)nc1)C(=O)O. The molecule has 28 heavy (non-hydrogen) atoms. The molecule has 0 bridgehead atoms. The van der Waals surface area contributed by atoms with Crippen molar-refractivity contribution in [2.45, 2.75) is 58.6 Å². The molecule has 0 fully saturated rings. The number of pyridine rings is 1. The van der Waals surface area contributed by atoms with E-state index in [9.17, 15) is 9.59 Å². The highest BCUT2D eigenvalue weighted by Crippen LogP contribution is 2.18. The van der Waals surface area contributed by atoms with Crippen molar-refractivity contribution in [1.29, 1.82) is 0 Å². The highest BCUT2D eigenvalue weighted by Gasteiger charge is 2.17. The molecular weight excluding hydrogens is 356 g/mol. The molecule has 0 radical (unpaired) electrons. The Bertz CT molecular complexity index is 785. The predicted molar refractivity (Wildman–Crippen MR) is 107 cm³/mol. The molecule has 1 heterocycles. The fraction of sp³-hybridized carbons (Fsp3) is 0.409. The number of hydrogen-bond acceptors (Lipinski definition) is 4. The van der Waals surface area contributed by atoms with Crippen LogP contribution in [0.1, 0.15) is 62.9 Å². The lowest BCUT2D eigenvalue weighted by molar-refractivity contribution is -0.145. The Hall–Kier alpha value is -2.89. The standard InChI is InChI=1S/C22H28N2O4/c1-5-20(22(26)27)28-18-10-11-19(23-13-18)15(4)24-21(25)12-16-6-8-17(9-7-16)14(2)3/h6-11,13-15,20H,5,12H2,1-4H3,(H,24,25)(H,26,27)/t15-,20?/m1/s1. The second-order valence-electron chi connectivity index (χ2n) is 7.13. The smallest absolute Gasteiger partial charge is 0.344 e. The number of ether oxygens (including phenoxy) is 1. The van der Waals surface area contributed by atoms with E-state index in [1.54, 1.807) is 19.1 Å². The van der Waals surface area contributed by atoms with E-state index in [0.717, 1.165) is 5.56 Å². The molecule has 150 valence electrons. The molecule has 2 aromatic rings. The third-order valence-corrected chi connectivity index (χ3v) is 4.52. The molecule has 0 spiro atoms. The van der Waals surface area contributed by atoms with Crippen LogP contribution in [0.15, 0.2) is 42.6 Å². The Kier molecular flexibility index (Phi) is 7.55. The van der Waals surface area contributed by atoms with E-state index in [4.69, 9.17) is 9.84 Å². The van der Waals surface area contributed by atoms with E-state index in [0.29, 0.717) is 30.2 Å². The van der Waals surface area contributed by atoms with Gasteiger partial charge in [0.25, 0.3) is 0 Å². The molecule has 0 aliphatic rings. The number of carboxylic acid groups (broad SMARTS) is 1. The molecule has 1 amide bonds. The maximum Gasteiger partial charge on any atom is 0.344 e. The number of benzene rings is 1. The highest BCUT2D eigenvalue weighted by atomic mass is 16.5. The van der Waals surface area contributed by atoms with E-state index < -0.39 is 12.1 Å². The van der Waals surface area contributed by atoms with Crippen molar-refractivity contribution in [3.63, 3.8) is 0 Å². The number of carboxylic acids is 1. The molecule has 2 N–H and O–H groups in total. The number of amides is 1. The van der Waals surface area contributed by atoms with Crippen LogP contribution < -0.4 is 10.1 Å². The number of rotatable bonds is 9. The summed E-state index contributed by atoms with van der Waals surface area (Å²) in [6.45, 7) is 7.87. The summed E-state index contributed by atoms with van der Waals surface area (Å²) in [5, 5.41) is 12.0. The molecule has 6 nitrogen and oxygen atoms in total. The maximum absolute atomic E-state index is 12.3. The van der Waals surface area contributed by atoms with Crippen LogP contribution in [0.4, 0.5) is 0 Å². The fourth-order valence-electron chi connectivity index (χ4n) is 2.76. The van der Waals surface area contributed by atoms with Crippen molar-refractivity contribution in [1.82, 2.24) is 10.3 Å². The second-order valence-corrected chi connectivity index (χ2v) is 7.13. The fourth-order valence-corrected chi connectivity index (χ4v) is 2.76. The molecule has 2 atom stereocenters. The largest absolute Gasteiger partial charge is 0.479 e. The Labute approximate surface area is 166 Å². The minimum atomic E-state index is -1.01. The summed E-state index contributed by atoms with van der Waals surface area (Å²) in [5.74, 6) is -0.233. The average Bonchev–Trinajstić information content (AvgIpc) is 2.66. The third-order valence-electron chi connectivity index (χ3n) is 4.52. The quantitative estimate of drug-likeness (QED) is 0.685. The molecule has 6 heteroatoms. The Morgan fingerprint density at radius 3 is 2.29 bits per heavy atom. The number of hydrogen-bond donors (Lipinski definition) is 2. The summed E-state index contributed by atoms with van der Waals surface area (Å²) in [4.78, 5) is 27.6. The second kappa shape index (κ2) is 9.88.